The van der Waals surface area contributed by atoms with Gasteiger partial charge in [-0.15, -0.1) is 0 Å². The number of hydrogen-bond donors (Lipinski definition) is 2. The maximum atomic E-state index is 12.3. The lowest BCUT2D eigenvalue weighted by Gasteiger charge is -2.22. The monoisotopic (exact) mass is 369 g/mol. The molecular formula is C20H23N3O4. The molecule has 0 saturated heterocycles. The number of para-hydroxylation sites is 1. The van der Waals surface area contributed by atoms with Crippen LogP contribution in [0.15, 0.2) is 42.5 Å². The number of ether oxygens (including phenoxy) is 2. The fourth-order valence-corrected chi connectivity index (χ4v) is 2.66. The van der Waals surface area contributed by atoms with Gasteiger partial charge in [0.15, 0.2) is 11.5 Å². The lowest BCUT2D eigenvalue weighted by molar-refractivity contribution is -0.131. The molecule has 0 spiro atoms. The van der Waals surface area contributed by atoms with Gasteiger partial charge in [0.2, 0.25) is 11.8 Å². The molecule has 142 valence electrons. The zero-order valence-corrected chi connectivity index (χ0v) is 15.5. The smallest absolute Gasteiger partial charge is 0.243 e. The van der Waals surface area contributed by atoms with E-state index in [1.165, 1.54) is 4.90 Å². The molecule has 0 aliphatic carbocycles. The first-order valence-corrected chi connectivity index (χ1v) is 8.76. The number of carbonyl (C=O) groups excluding carboxylic acids is 2. The lowest BCUT2D eigenvalue weighted by atomic mass is 10.2. The van der Waals surface area contributed by atoms with E-state index in [1.807, 2.05) is 49.4 Å². The Balaban J connectivity index is 1.50. The third-order valence-corrected chi connectivity index (χ3v) is 4.14. The summed E-state index contributed by atoms with van der Waals surface area (Å²) in [7, 11) is 1.60. The van der Waals surface area contributed by atoms with E-state index >= 15 is 0 Å². The Hall–Kier alpha value is -3.22. The SMILES string of the molecule is Cc1ccc(NC(=O)CN(C)C(=O)CNc2cccc3c2OCCO3)cc1. The normalized spacial score (nSPS) is 12.2. The maximum Gasteiger partial charge on any atom is 0.243 e. The number of rotatable bonds is 6. The summed E-state index contributed by atoms with van der Waals surface area (Å²) >= 11 is 0. The quantitative estimate of drug-likeness (QED) is 0.817. The van der Waals surface area contributed by atoms with Crippen LogP contribution in [-0.4, -0.2) is 50.1 Å². The largest absolute Gasteiger partial charge is 0.486 e. The molecule has 0 bridgehead atoms. The van der Waals surface area contributed by atoms with Gasteiger partial charge >= 0.3 is 0 Å². The van der Waals surface area contributed by atoms with Gasteiger partial charge in [-0.25, -0.2) is 0 Å². The van der Waals surface area contributed by atoms with E-state index in [9.17, 15) is 9.59 Å². The van der Waals surface area contributed by atoms with Gasteiger partial charge in [-0.2, -0.15) is 0 Å². The lowest BCUT2D eigenvalue weighted by Crippen LogP contribution is -2.38. The summed E-state index contributed by atoms with van der Waals surface area (Å²) in [5, 5.41) is 5.83. The number of hydrogen-bond acceptors (Lipinski definition) is 5. The third-order valence-electron chi connectivity index (χ3n) is 4.14. The minimum absolute atomic E-state index is 0.0269. The second kappa shape index (κ2) is 8.44. The average molecular weight is 369 g/mol. The Morgan fingerprint density at radius 1 is 1.07 bits per heavy atom. The molecule has 0 atom stereocenters. The standard InChI is InChI=1S/C20H23N3O4/c1-14-6-8-15(9-7-14)22-18(24)13-23(2)19(25)12-21-16-4-3-5-17-20(16)27-11-10-26-17/h3-9,21H,10-13H2,1-2H3,(H,22,24). The van der Waals surface area contributed by atoms with E-state index in [2.05, 4.69) is 10.6 Å². The molecule has 2 amide bonds. The highest BCUT2D eigenvalue weighted by molar-refractivity contribution is 5.95. The van der Waals surface area contributed by atoms with Crippen molar-refractivity contribution in [3.8, 4) is 11.5 Å². The van der Waals surface area contributed by atoms with Crippen LogP contribution in [0.5, 0.6) is 11.5 Å². The first-order valence-electron chi connectivity index (χ1n) is 8.76. The van der Waals surface area contributed by atoms with Crippen LogP contribution in [0.25, 0.3) is 0 Å². The molecule has 2 N–H and O–H groups in total. The second-order valence-electron chi connectivity index (χ2n) is 6.35. The molecule has 0 unspecified atom stereocenters. The van der Waals surface area contributed by atoms with Crippen molar-refractivity contribution < 1.29 is 19.1 Å². The van der Waals surface area contributed by atoms with E-state index in [0.29, 0.717) is 36.1 Å². The summed E-state index contributed by atoms with van der Waals surface area (Å²) in [6.45, 7) is 2.98. The number of benzene rings is 2. The summed E-state index contributed by atoms with van der Waals surface area (Å²) in [6, 6.07) is 13.0. The van der Waals surface area contributed by atoms with Crippen LogP contribution in [0, 0.1) is 6.92 Å². The van der Waals surface area contributed by atoms with Gasteiger partial charge in [0.1, 0.15) is 13.2 Å². The second-order valence-corrected chi connectivity index (χ2v) is 6.35. The Bertz CT molecular complexity index is 820. The number of amides is 2. The molecule has 27 heavy (non-hydrogen) atoms. The molecule has 7 nitrogen and oxygen atoms in total. The molecule has 3 rings (SSSR count). The molecule has 0 fully saturated rings. The van der Waals surface area contributed by atoms with Crippen LogP contribution in [0.1, 0.15) is 5.56 Å². The van der Waals surface area contributed by atoms with Crippen molar-refractivity contribution in [1.29, 1.82) is 0 Å². The van der Waals surface area contributed by atoms with Gasteiger partial charge in [-0.1, -0.05) is 23.8 Å². The zero-order valence-electron chi connectivity index (χ0n) is 15.5. The Morgan fingerprint density at radius 3 is 2.59 bits per heavy atom. The minimum Gasteiger partial charge on any atom is -0.486 e. The highest BCUT2D eigenvalue weighted by atomic mass is 16.6. The fraction of sp³-hybridized carbons (Fsp3) is 0.300. The van der Waals surface area contributed by atoms with Crippen molar-refractivity contribution in [3.05, 3.63) is 48.0 Å². The molecule has 7 heteroatoms. The molecular weight excluding hydrogens is 346 g/mol. The van der Waals surface area contributed by atoms with Gasteiger partial charge in [0.05, 0.1) is 18.8 Å². The van der Waals surface area contributed by atoms with Crippen molar-refractivity contribution in [1.82, 2.24) is 4.90 Å². The number of aryl methyl sites for hydroxylation is 1. The van der Waals surface area contributed by atoms with Gasteiger partial charge in [-0.3, -0.25) is 9.59 Å². The Labute approximate surface area is 158 Å². The summed E-state index contributed by atoms with van der Waals surface area (Å²) in [6.07, 6.45) is 0. The van der Waals surface area contributed by atoms with Crippen LogP contribution in [0.4, 0.5) is 11.4 Å². The number of carbonyl (C=O) groups is 2. The molecule has 1 aliphatic heterocycles. The molecule has 0 saturated carbocycles. The van der Waals surface area contributed by atoms with Crippen molar-refractivity contribution in [2.75, 3.05) is 44.0 Å². The third kappa shape index (κ3) is 4.91. The van der Waals surface area contributed by atoms with Crippen LogP contribution < -0.4 is 20.1 Å². The molecule has 1 aliphatic rings. The van der Waals surface area contributed by atoms with Crippen LogP contribution in [0.2, 0.25) is 0 Å². The van der Waals surface area contributed by atoms with Crippen molar-refractivity contribution in [3.63, 3.8) is 0 Å². The fourth-order valence-electron chi connectivity index (χ4n) is 2.66. The first kappa shape index (κ1) is 18.6. The van der Waals surface area contributed by atoms with Gasteiger partial charge in [0.25, 0.3) is 0 Å². The number of anilines is 2. The van der Waals surface area contributed by atoms with Crippen LogP contribution in [0.3, 0.4) is 0 Å². The topological polar surface area (TPSA) is 79.9 Å². The highest BCUT2D eigenvalue weighted by Crippen LogP contribution is 2.37. The van der Waals surface area contributed by atoms with Gasteiger partial charge < -0.3 is 25.0 Å². The van der Waals surface area contributed by atoms with Crippen molar-refractivity contribution in [2.24, 2.45) is 0 Å². The van der Waals surface area contributed by atoms with E-state index in [4.69, 9.17) is 9.47 Å². The number of fused-ring (bicyclic) bond motifs is 1. The summed E-state index contributed by atoms with van der Waals surface area (Å²) < 4.78 is 11.1. The molecule has 2 aromatic rings. The van der Waals surface area contributed by atoms with Gasteiger partial charge in [0, 0.05) is 12.7 Å². The molecule has 0 aromatic heterocycles. The minimum atomic E-state index is -0.247. The molecule has 1 heterocycles. The predicted molar refractivity (Wildman–Crippen MR) is 103 cm³/mol. The van der Waals surface area contributed by atoms with E-state index in [0.717, 1.165) is 5.56 Å². The number of nitrogens with one attached hydrogen (secondary N) is 2. The van der Waals surface area contributed by atoms with Crippen LogP contribution >= 0.6 is 0 Å². The summed E-state index contributed by atoms with van der Waals surface area (Å²) in [5.74, 6) is 0.813. The molecule has 0 radical (unpaired) electrons. The predicted octanol–water partition coefficient (Wildman–Crippen LogP) is 2.28. The Morgan fingerprint density at radius 2 is 1.81 bits per heavy atom. The van der Waals surface area contributed by atoms with Crippen molar-refractivity contribution in [2.45, 2.75) is 6.92 Å². The van der Waals surface area contributed by atoms with Gasteiger partial charge in [-0.05, 0) is 31.2 Å². The van der Waals surface area contributed by atoms with E-state index in [-0.39, 0.29) is 24.9 Å². The van der Waals surface area contributed by atoms with E-state index < -0.39 is 0 Å². The van der Waals surface area contributed by atoms with Crippen LogP contribution in [-0.2, 0) is 9.59 Å². The van der Waals surface area contributed by atoms with Crippen molar-refractivity contribution >= 4 is 23.2 Å². The summed E-state index contributed by atoms with van der Waals surface area (Å²) in [4.78, 5) is 25.8. The molecule has 2 aromatic carbocycles. The highest BCUT2D eigenvalue weighted by Gasteiger charge is 2.17. The average Bonchev–Trinajstić information content (AvgIpc) is 2.67. The number of likely N-dealkylation sites (N-methyl/N-ethyl adjacent to an activating group) is 1. The first-order chi connectivity index (χ1) is 13.0. The maximum absolute atomic E-state index is 12.3. The summed E-state index contributed by atoms with van der Waals surface area (Å²) in [5.41, 5.74) is 2.51. The Kier molecular flexibility index (Phi) is 5.80. The van der Waals surface area contributed by atoms with E-state index in [1.54, 1.807) is 7.05 Å². The number of nitrogens with zero attached hydrogens (tertiary/aromatic N) is 1. The zero-order chi connectivity index (χ0) is 19.2.